The van der Waals surface area contributed by atoms with Gasteiger partial charge in [-0.3, -0.25) is 14.4 Å². The number of para-hydroxylation sites is 1. The first-order valence-electron chi connectivity index (χ1n) is 10.4. The fraction of sp³-hybridized carbons (Fsp3) is 0.375. The Morgan fingerprint density at radius 3 is 2.10 bits per heavy atom. The van der Waals surface area contributed by atoms with Gasteiger partial charge in [-0.05, 0) is 25.5 Å². The molecule has 2 amide bonds. The summed E-state index contributed by atoms with van der Waals surface area (Å²) in [5, 5.41) is 0. The van der Waals surface area contributed by atoms with Crippen molar-refractivity contribution in [3.8, 4) is 5.75 Å². The number of nitrogens with zero attached hydrogens (tertiary/aromatic N) is 2. The van der Waals surface area contributed by atoms with Gasteiger partial charge < -0.3 is 14.5 Å². The molecular formula is C24H28N2O4. The smallest absolute Gasteiger partial charge is 0.260 e. The maximum Gasteiger partial charge on any atom is 0.260 e. The molecule has 1 saturated heterocycles. The third kappa shape index (κ3) is 6.17. The van der Waals surface area contributed by atoms with Crippen LogP contribution in [0.25, 0.3) is 0 Å². The summed E-state index contributed by atoms with van der Waals surface area (Å²) in [6.45, 7) is 4.12. The van der Waals surface area contributed by atoms with Gasteiger partial charge in [0.25, 0.3) is 5.91 Å². The van der Waals surface area contributed by atoms with E-state index in [9.17, 15) is 14.4 Å². The lowest BCUT2D eigenvalue weighted by Gasteiger charge is -2.22. The molecule has 0 bridgehead atoms. The van der Waals surface area contributed by atoms with Crippen LogP contribution in [0.4, 0.5) is 0 Å². The first-order valence-corrected chi connectivity index (χ1v) is 10.4. The number of carbonyl (C=O) groups excluding carboxylic acids is 3. The quantitative estimate of drug-likeness (QED) is 0.661. The zero-order chi connectivity index (χ0) is 21.3. The Hall–Kier alpha value is -3.15. The summed E-state index contributed by atoms with van der Waals surface area (Å²) < 4.78 is 5.54. The summed E-state index contributed by atoms with van der Waals surface area (Å²) in [5.74, 6) is 0.525. The second kappa shape index (κ2) is 10.6. The van der Waals surface area contributed by atoms with Gasteiger partial charge in [-0.25, -0.2) is 0 Å². The molecule has 6 heteroatoms. The summed E-state index contributed by atoms with van der Waals surface area (Å²) in [4.78, 5) is 40.8. The number of carbonyl (C=O) groups is 3. The topological polar surface area (TPSA) is 66.9 Å². The van der Waals surface area contributed by atoms with E-state index in [0.29, 0.717) is 43.9 Å². The SMILES string of the molecule is Cc1ccc(C(=O)CCC(=O)N2CCCN(C(=O)COc3ccccc3)CC2)cc1. The predicted molar refractivity (Wildman–Crippen MR) is 114 cm³/mol. The first kappa shape index (κ1) is 21.6. The molecule has 6 nitrogen and oxygen atoms in total. The molecule has 0 aliphatic carbocycles. The van der Waals surface area contributed by atoms with Gasteiger partial charge in [0.1, 0.15) is 5.75 Å². The van der Waals surface area contributed by atoms with E-state index < -0.39 is 0 Å². The van der Waals surface area contributed by atoms with Crippen LogP contribution >= 0.6 is 0 Å². The molecule has 3 rings (SSSR count). The predicted octanol–water partition coefficient (Wildman–Crippen LogP) is 3.10. The molecule has 1 heterocycles. The van der Waals surface area contributed by atoms with Crippen LogP contribution in [0.3, 0.4) is 0 Å². The highest BCUT2D eigenvalue weighted by Gasteiger charge is 2.22. The van der Waals surface area contributed by atoms with Gasteiger partial charge in [0.15, 0.2) is 12.4 Å². The van der Waals surface area contributed by atoms with E-state index in [0.717, 1.165) is 5.56 Å². The minimum atomic E-state index is -0.0808. The van der Waals surface area contributed by atoms with E-state index in [1.165, 1.54) is 0 Å². The van der Waals surface area contributed by atoms with Crippen molar-refractivity contribution < 1.29 is 19.1 Å². The molecule has 1 aliphatic rings. The van der Waals surface area contributed by atoms with E-state index >= 15 is 0 Å². The second-order valence-electron chi connectivity index (χ2n) is 7.51. The van der Waals surface area contributed by atoms with Gasteiger partial charge in [0.2, 0.25) is 5.91 Å². The third-order valence-corrected chi connectivity index (χ3v) is 5.25. The average Bonchev–Trinajstić information content (AvgIpc) is 3.03. The average molecular weight is 408 g/mol. The van der Waals surface area contributed by atoms with Crippen molar-refractivity contribution in [2.24, 2.45) is 0 Å². The lowest BCUT2D eigenvalue weighted by Crippen LogP contribution is -2.39. The summed E-state index contributed by atoms with van der Waals surface area (Å²) >= 11 is 0. The number of Topliss-reactive ketones (excluding diaryl/α,β-unsaturated/α-hetero) is 1. The Labute approximate surface area is 177 Å². The molecule has 0 unspecified atom stereocenters. The summed E-state index contributed by atoms with van der Waals surface area (Å²) in [7, 11) is 0. The maximum absolute atomic E-state index is 12.6. The van der Waals surface area contributed by atoms with Crippen LogP contribution in [0, 0.1) is 6.92 Å². The number of ketones is 1. The molecule has 0 aromatic heterocycles. The summed E-state index contributed by atoms with van der Waals surface area (Å²) in [6.07, 6.45) is 1.11. The minimum absolute atomic E-state index is 0.0109. The Bertz CT molecular complexity index is 865. The molecule has 2 aromatic rings. The van der Waals surface area contributed by atoms with E-state index in [1.54, 1.807) is 21.9 Å². The van der Waals surface area contributed by atoms with Crippen LogP contribution in [-0.2, 0) is 9.59 Å². The highest BCUT2D eigenvalue weighted by Crippen LogP contribution is 2.12. The van der Waals surface area contributed by atoms with Crippen molar-refractivity contribution in [2.75, 3.05) is 32.8 Å². The van der Waals surface area contributed by atoms with Gasteiger partial charge in [-0.1, -0.05) is 48.0 Å². The van der Waals surface area contributed by atoms with Crippen LogP contribution in [0.2, 0.25) is 0 Å². The van der Waals surface area contributed by atoms with Gasteiger partial charge in [-0.15, -0.1) is 0 Å². The lowest BCUT2D eigenvalue weighted by molar-refractivity contribution is -0.134. The van der Waals surface area contributed by atoms with Gasteiger partial charge in [-0.2, -0.15) is 0 Å². The molecule has 30 heavy (non-hydrogen) atoms. The third-order valence-electron chi connectivity index (χ3n) is 5.25. The molecule has 158 valence electrons. The zero-order valence-corrected chi connectivity index (χ0v) is 17.4. The standard InChI is InChI=1S/C24H28N2O4/c1-19-8-10-20(11-9-19)22(27)12-13-23(28)25-14-5-15-26(17-16-25)24(29)18-30-21-6-3-2-4-7-21/h2-4,6-11H,5,12-18H2,1H3. The second-order valence-corrected chi connectivity index (χ2v) is 7.51. The molecule has 1 aliphatic heterocycles. The van der Waals surface area contributed by atoms with E-state index in [-0.39, 0.29) is 37.0 Å². The number of rotatable bonds is 7. The van der Waals surface area contributed by atoms with E-state index in [1.807, 2.05) is 49.4 Å². The number of ether oxygens (including phenoxy) is 1. The molecule has 0 N–H and O–H groups in total. The van der Waals surface area contributed by atoms with E-state index in [2.05, 4.69) is 0 Å². The molecule has 0 spiro atoms. The largest absolute Gasteiger partial charge is 0.484 e. The van der Waals surface area contributed by atoms with Crippen molar-refractivity contribution in [3.05, 3.63) is 65.7 Å². The van der Waals surface area contributed by atoms with Crippen LogP contribution < -0.4 is 4.74 Å². The number of benzene rings is 2. The lowest BCUT2D eigenvalue weighted by atomic mass is 10.0. The van der Waals surface area contributed by atoms with E-state index in [4.69, 9.17) is 4.74 Å². The zero-order valence-electron chi connectivity index (χ0n) is 17.4. The fourth-order valence-corrected chi connectivity index (χ4v) is 3.43. The van der Waals surface area contributed by atoms with Crippen LogP contribution in [-0.4, -0.2) is 60.2 Å². The first-order chi connectivity index (χ1) is 14.5. The molecule has 2 aromatic carbocycles. The fourth-order valence-electron chi connectivity index (χ4n) is 3.43. The Kier molecular flexibility index (Phi) is 7.60. The monoisotopic (exact) mass is 408 g/mol. The molecule has 1 fully saturated rings. The minimum Gasteiger partial charge on any atom is -0.484 e. The molecule has 0 atom stereocenters. The van der Waals surface area contributed by atoms with Crippen LogP contribution in [0.5, 0.6) is 5.75 Å². The highest BCUT2D eigenvalue weighted by atomic mass is 16.5. The summed E-state index contributed by atoms with van der Waals surface area (Å²) in [6, 6.07) is 16.6. The van der Waals surface area contributed by atoms with Gasteiger partial charge in [0.05, 0.1) is 0 Å². The van der Waals surface area contributed by atoms with Crippen LogP contribution in [0.1, 0.15) is 35.2 Å². The van der Waals surface area contributed by atoms with Crippen LogP contribution in [0.15, 0.2) is 54.6 Å². The number of aryl methyl sites for hydroxylation is 1. The molecule has 0 radical (unpaired) electrons. The van der Waals surface area contributed by atoms with Gasteiger partial charge in [0, 0.05) is 44.6 Å². The Morgan fingerprint density at radius 2 is 1.43 bits per heavy atom. The van der Waals surface area contributed by atoms with Crippen molar-refractivity contribution >= 4 is 17.6 Å². The molecule has 0 saturated carbocycles. The Morgan fingerprint density at radius 1 is 0.800 bits per heavy atom. The number of amides is 2. The maximum atomic E-state index is 12.6. The van der Waals surface area contributed by atoms with Gasteiger partial charge >= 0.3 is 0 Å². The van der Waals surface area contributed by atoms with Crippen molar-refractivity contribution in [1.82, 2.24) is 9.80 Å². The normalized spacial score (nSPS) is 14.2. The summed E-state index contributed by atoms with van der Waals surface area (Å²) in [5.41, 5.74) is 1.74. The Balaban J connectivity index is 1.43. The number of hydrogen-bond donors (Lipinski definition) is 0. The van der Waals surface area contributed by atoms with Crippen molar-refractivity contribution in [1.29, 1.82) is 0 Å². The van der Waals surface area contributed by atoms with Crippen molar-refractivity contribution in [3.63, 3.8) is 0 Å². The van der Waals surface area contributed by atoms with Crippen molar-refractivity contribution in [2.45, 2.75) is 26.2 Å². The molecular weight excluding hydrogens is 380 g/mol. The number of hydrogen-bond acceptors (Lipinski definition) is 4. The highest BCUT2D eigenvalue weighted by molar-refractivity contribution is 5.98.